The molecule has 28 heavy (non-hydrogen) atoms. The summed E-state index contributed by atoms with van der Waals surface area (Å²) in [5.74, 6) is 0. The van der Waals surface area contributed by atoms with Crippen molar-refractivity contribution in [3.05, 3.63) is 88.6 Å². The van der Waals surface area contributed by atoms with Crippen molar-refractivity contribution >= 4 is 16.7 Å². The van der Waals surface area contributed by atoms with E-state index in [9.17, 15) is 10.0 Å². The quantitative estimate of drug-likeness (QED) is 0.549. The number of hydrogen-bond acceptors (Lipinski definition) is 5. The molecule has 0 unspecified atom stereocenters. The SMILES string of the molecule is O=c1cc(N2CCc3ccc(-c4cccnc4)cc3C2)c2cccnc2n1O. The van der Waals surface area contributed by atoms with Crippen LogP contribution in [0, 0.1) is 0 Å². The largest absolute Gasteiger partial charge is 0.423 e. The summed E-state index contributed by atoms with van der Waals surface area (Å²) in [4.78, 5) is 22.8. The van der Waals surface area contributed by atoms with E-state index in [0.717, 1.165) is 35.2 Å². The van der Waals surface area contributed by atoms with Gasteiger partial charge in [0.05, 0.1) is 5.69 Å². The maximum absolute atomic E-state index is 12.2. The van der Waals surface area contributed by atoms with Crippen LogP contribution in [0.1, 0.15) is 11.1 Å². The fraction of sp³-hybridized carbons (Fsp3) is 0.136. The molecule has 1 aliphatic heterocycles. The van der Waals surface area contributed by atoms with Gasteiger partial charge in [-0.05, 0) is 52.9 Å². The Balaban J connectivity index is 1.57. The third kappa shape index (κ3) is 2.70. The Bertz CT molecular complexity index is 1230. The Morgan fingerprint density at radius 1 is 0.964 bits per heavy atom. The topological polar surface area (TPSA) is 71.2 Å². The molecule has 6 nitrogen and oxygen atoms in total. The number of hydrogen-bond donors (Lipinski definition) is 1. The number of pyridine rings is 3. The summed E-state index contributed by atoms with van der Waals surface area (Å²) in [6, 6.07) is 15.7. The molecule has 0 spiro atoms. The number of nitrogens with zero attached hydrogens (tertiary/aromatic N) is 4. The van der Waals surface area contributed by atoms with Crippen LogP contribution >= 0.6 is 0 Å². The average molecular weight is 370 g/mol. The minimum absolute atomic E-state index is 0.278. The summed E-state index contributed by atoms with van der Waals surface area (Å²) in [7, 11) is 0. The van der Waals surface area contributed by atoms with Gasteiger partial charge in [-0.3, -0.25) is 9.78 Å². The summed E-state index contributed by atoms with van der Waals surface area (Å²) in [6.45, 7) is 1.50. The van der Waals surface area contributed by atoms with E-state index in [1.54, 1.807) is 12.4 Å². The molecule has 1 N–H and O–H groups in total. The molecule has 0 fully saturated rings. The van der Waals surface area contributed by atoms with Gasteiger partial charge in [-0.1, -0.05) is 18.2 Å². The van der Waals surface area contributed by atoms with Crippen LogP contribution in [0.4, 0.5) is 5.69 Å². The van der Waals surface area contributed by atoms with Crippen molar-refractivity contribution in [2.24, 2.45) is 0 Å². The number of aromatic nitrogens is 3. The Morgan fingerprint density at radius 3 is 2.71 bits per heavy atom. The van der Waals surface area contributed by atoms with Crippen LogP contribution in [0.3, 0.4) is 0 Å². The Hall–Kier alpha value is -3.67. The minimum atomic E-state index is -0.476. The summed E-state index contributed by atoms with van der Waals surface area (Å²) < 4.78 is 0.608. The van der Waals surface area contributed by atoms with Gasteiger partial charge in [0.15, 0.2) is 5.65 Å². The Labute approximate surface area is 161 Å². The lowest BCUT2D eigenvalue weighted by Gasteiger charge is -2.31. The zero-order chi connectivity index (χ0) is 19.1. The molecular weight excluding hydrogens is 352 g/mol. The second-order valence-corrected chi connectivity index (χ2v) is 6.95. The van der Waals surface area contributed by atoms with E-state index in [4.69, 9.17) is 0 Å². The molecule has 0 saturated heterocycles. The predicted octanol–water partition coefficient (Wildman–Crippen LogP) is 3.26. The number of rotatable bonds is 2. The van der Waals surface area contributed by atoms with E-state index >= 15 is 0 Å². The number of anilines is 1. The summed E-state index contributed by atoms with van der Waals surface area (Å²) >= 11 is 0. The molecule has 0 bridgehead atoms. The van der Waals surface area contributed by atoms with E-state index in [-0.39, 0.29) is 5.65 Å². The van der Waals surface area contributed by atoms with E-state index < -0.39 is 5.56 Å². The Kier molecular flexibility index (Phi) is 3.83. The van der Waals surface area contributed by atoms with Gasteiger partial charge in [0.1, 0.15) is 0 Å². The van der Waals surface area contributed by atoms with Gasteiger partial charge in [-0.2, -0.15) is 0 Å². The van der Waals surface area contributed by atoms with Gasteiger partial charge < -0.3 is 10.1 Å². The first-order valence-corrected chi connectivity index (χ1v) is 9.18. The van der Waals surface area contributed by atoms with E-state index in [1.165, 1.54) is 17.2 Å². The van der Waals surface area contributed by atoms with E-state index in [0.29, 0.717) is 11.3 Å². The molecule has 0 saturated carbocycles. The van der Waals surface area contributed by atoms with Crippen LogP contribution in [-0.4, -0.2) is 26.5 Å². The van der Waals surface area contributed by atoms with Crippen molar-refractivity contribution in [2.75, 3.05) is 11.4 Å². The van der Waals surface area contributed by atoms with Crippen molar-refractivity contribution in [1.29, 1.82) is 0 Å². The third-order valence-electron chi connectivity index (χ3n) is 5.29. The number of fused-ring (bicyclic) bond motifs is 2. The molecule has 4 heterocycles. The van der Waals surface area contributed by atoms with Crippen molar-refractivity contribution in [1.82, 2.24) is 14.7 Å². The summed E-state index contributed by atoms with van der Waals surface area (Å²) in [5, 5.41) is 10.8. The molecule has 1 aromatic carbocycles. The molecule has 3 aromatic heterocycles. The van der Waals surface area contributed by atoms with Gasteiger partial charge in [-0.25, -0.2) is 4.98 Å². The fourth-order valence-electron chi connectivity index (χ4n) is 3.86. The predicted molar refractivity (Wildman–Crippen MR) is 108 cm³/mol. The second kappa shape index (κ2) is 6.49. The van der Waals surface area contributed by atoms with Gasteiger partial charge in [-0.15, -0.1) is 4.73 Å². The molecule has 4 aromatic rings. The normalized spacial score (nSPS) is 13.5. The first-order valence-electron chi connectivity index (χ1n) is 9.18. The van der Waals surface area contributed by atoms with Crippen molar-refractivity contribution in [2.45, 2.75) is 13.0 Å². The van der Waals surface area contributed by atoms with Crippen LogP contribution in [0.5, 0.6) is 0 Å². The highest BCUT2D eigenvalue weighted by Crippen LogP contribution is 2.31. The molecule has 0 radical (unpaired) electrons. The fourth-order valence-corrected chi connectivity index (χ4v) is 3.86. The average Bonchev–Trinajstić information content (AvgIpc) is 2.76. The number of benzene rings is 1. The molecule has 0 aliphatic carbocycles. The van der Waals surface area contributed by atoms with Crippen molar-refractivity contribution in [3.63, 3.8) is 0 Å². The van der Waals surface area contributed by atoms with Crippen LogP contribution in [0.2, 0.25) is 0 Å². The molecule has 138 valence electrons. The van der Waals surface area contributed by atoms with Gasteiger partial charge in [0.25, 0.3) is 5.56 Å². The molecule has 1 aliphatic rings. The molecule has 0 amide bonds. The third-order valence-corrected chi connectivity index (χ3v) is 5.29. The van der Waals surface area contributed by atoms with E-state index in [1.807, 2.05) is 24.4 Å². The lowest BCUT2D eigenvalue weighted by Crippen LogP contribution is -2.32. The van der Waals surface area contributed by atoms with Gasteiger partial charge in [0.2, 0.25) is 0 Å². The highest BCUT2D eigenvalue weighted by Gasteiger charge is 2.21. The Morgan fingerprint density at radius 2 is 1.86 bits per heavy atom. The zero-order valence-corrected chi connectivity index (χ0v) is 15.1. The van der Waals surface area contributed by atoms with Gasteiger partial charge >= 0.3 is 0 Å². The first kappa shape index (κ1) is 16.5. The van der Waals surface area contributed by atoms with Crippen LogP contribution in [0.25, 0.3) is 22.2 Å². The summed E-state index contributed by atoms with van der Waals surface area (Å²) in [5.41, 5.74) is 5.37. The summed E-state index contributed by atoms with van der Waals surface area (Å²) in [6.07, 6.45) is 6.10. The second-order valence-electron chi connectivity index (χ2n) is 6.95. The van der Waals surface area contributed by atoms with Crippen LogP contribution in [-0.2, 0) is 13.0 Å². The zero-order valence-electron chi connectivity index (χ0n) is 15.1. The minimum Gasteiger partial charge on any atom is -0.423 e. The van der Waals surface area contributed by atoms with Crippen molar-refractivity contribution < 1.29 is 5.21 Å². The smallest absolute Gasteiger partial charge is 0.286 e. The molecule has 5 rings (SSSR count). The maximum atomic E-state index is 12.2. The van der Waals surface area contributed by atoms with Crippen LogP contribution < -0.4 is 10.5 Å². The maximum Gasteiger partial charge on any atom is 0.286 e. The van der Waals surface area contributed by atoms with Gasteiger partial charge in [0, 0.05) is 43.1 Å². The monoisotopic (exact) mass is 370 g/mol. The van der Waals surface area contributed by atoms with Crippen LogP contribution in [0.15, 0.2) is 71.9 Å². The van der Waals surface area contributed by atoms with E-state index in [2.05, 4.69) is 39.1 Å². The first-order chi connectivity index (χ1) is 13.7. The lowest BCUT2D eigenvalue weighted by atomic mass is 9.95. The molecule has 0 atom stereocenters. The standard InChI is InChI=1S/C22H18N4O2/c27-21-12-20(19-4-2-9-24-22(19)26(21)28)25-10-7-15-5-6-16(11-18(15)14-25)17-3-1-8-23-13-17/h1-6,8-9,11-13,28H,7,10,14H2. The molecular formula is C22H18N4O2. The highest BCUT2D eigenvalue weighted by molar-refractivity contribution is 5.89. The highest BCUT2D eigenvalue weighted by atomic mass is 16.5. The lowest BCUT2D eigenvalue weighted by molar-refractivity contribution is 0.186. The molecule has 6 heteroatoms. The van der Waals surface area contributed by atoms with Crippen molar-refractivity contribution in [3.8, 4) is 11.1 Å².